The fourth-order valence-corrected chi connectivity index (χ4v) is 3.30. The molecule has 3 aromatic carbocycles. The molecule has 0 bridgehead atoms. The zero-order valence-corrected chi connectivity index (χ0v) is 16.0. The molecule has 150 valence electrons. The number of nitrogens with one attached hydrogen (secondary N) is 1. The van der Waals surface area contributed by atoms with Crippen LogP contribution < -0.4 is 5.32 Å². The minimum absolute atomic E-state index is 0.0115. The molecule has 1 heterocycles. The third-order valence-electron chi connectivity index (χ3n) is 4.69. The Kier molecular flexibility index (Phi) is 5.63. The quantitative estimate of drug-likeness (QED) is 0.513. The first-order chi connectivity index (χ1) is 14.6. The van der Waals surface area contributed by atoms with Gasteiger partial charge in [-0.25, -0.2) is 4.39 Å². The van der Waals surface area contributed by atoms with Gasteiger partial charge in [0.15, 0.2) is 0 Å². The van der Waals surface area contributed by atoms with Crippen molar-refractivity contribution in [1.82, 2.24) is 14.8 Å². The van der Waals surface area contributed by atoms with E-state index < -0.39 is 11.7 Å². The number of amides is 1. The molecular formula is C23H19FN4O2. The van der Waals surface area contributed by atoms with E-state index in [-0.39, 0.29) is 12.2 Å². The average Bonchev–Trinajstić information content (AvgIpc) is 3.29. The lowest BCUT2D eigenvalue weighted by Gasteiger charge is -2.12. The summed E-state index contributed by atoms with van der Waals surface area (Å²) in [6, 6.07) is 18.9. The normalized spacial score (nSPS) is 10.7. The Morgan fingerprint density at radius 3 is 2.60 bits per heavy atom. The molecule has 4 rings (SSSR count). The minimum atomic E-state index is -0.505. The third-order valence-corrected chi connectivity index (χ3v) is 4.69. The zero-order valence-electron chi connectivity index (χ0n) is 16.0. The smallest absolute Gasteiger partial charge is 0.255 e. The standard InChI is InChI=1S/C23H19FN4O2/c24-19-11-17(22-7-2-1-4-16(22)8-9-29)10-18(12-19)23(30)27-20-5-3-6-21(13-20)28-14-25-26-15-28/h1-7,10-15,29H,8-9H2,(H,27,30). The Morgan fingerprint density at radius 1 is 1.00 bits per heavy atom. The van der Waals surface area contributed by atoms with Gasteiger partial charge in [0, 0.05) is 17.9 Å². The van der Waals surface area contributed by atoms with Gasteiger partial charge in [-0.3, -0.25) is 9.36 Å². The second kappa shape index (κ2) is 8.67. The van der Waals surface area contributed by atoms with Crippen molar-refractivity contribution in [1.29, 1.82) is 0 Å². The molecule has 0 spiro atoms. The Morgan fingerprint density at radius 2 is 1.80 bits per heavy atom. The molecule has 0 unspecified atom stereocenters. The number of aromatic nitrogens is 3. The summed E-state index contributed by atoms with van der Waals surface area (Å²) in [6.07, 6.45) is 3.57. The number of halogens is 1. The first-order valence-corrected chi connectivity index (χ1v) is 9.40. The summed E-state index contributed by atoms with van der Waals surface area (Å²) in [5.74, 6) is -0.925. The Balaban J connectivity index is 1.62. The van der Waals surface area contributed by atoms with Crippen LogP contribution in [-0.2, 0) is 6.42 Å². The number of nitrogens with zero attached hydrogens (tertiary/aromatic N) is 3. The van der Waals surface area contributed by atoms with E-state index in [1.165, 1.54) is 12.1 Å². The Bertz CT molecular complexity index is 1180. The maximum atomic E-state index is 14.3. The zero-order chi connectivity index (χ0) is 20.9. The molecule has 0 aliphatic carbocycles. The topological polar surface area (TPSA) is 80.0 Å². The second-order valence-electron chi connectivity index (χ2n) is 6.73. The van der Waals surface area contributed by atoms with E-state index in [0.717, 1.165) is 16.8 Å². The van der Waals surface area contributed by atoms with E-state index in [1.54, 1.807) is 41.5 Å². The lowest BCUT2D eigenvalue weighted by Crippen LogP contribution is -2.12. The average molecular weight is 402 g/mol. The van der Waals surface area contributed by atoms with Crippen LogP contribution >= 0.6 is 0 Å². The van der Waals surface area contributed by atoms with Gasteiger partial charge in [-0.05, 0) is 59.5 Å². The van der Waals surface area contributed by atoms with E-state index >= 15 is 0 Å². The number of hydrogen-bond acceptors (Lipinski definition) is 4. The molecule has 6 nitrogen and oxygen atoms in total. The van der Waals surface area contributed by atoms with Crippen molar-refractivity contribution in [3.63, 3.8) is 0 Å². The summed E-state index contributed by atoms with van der Waals surface area (Å²) < 4.78 is 16.0. The van der Waals surface area contributed by atoms with Gasteiger partial charge in [-0.15, -0.1) is 10.2 Å². The molecule has 7 heteroatoms. The largest absolute Gasteiger partial charge is 0.396 e. The van der Waals surface area contributed by atoms with Gasteiger partial charge in [0.25, 0.3) is 5.91 Å². The highest BCUT2D eigenvalue weighted by Gasteiger charge is 2.13. The van der Waals surface area contributed by atoms with Crippen LogP contribution in [-0.4, -0.2) is 32.4 Å². The Labute approximate surface area is 172 Å². The molecule has 0 saturated carbocycles. The van der Waals surface area contributed by atoms with Gasteiger partial charge < -0.3 is 10.4 Å². The Hall–Kier alpha value is -3.84. The van der Waals surface area contributed by atoms with Crippen molar-refractivity contribution in [3.8, 4) is 16.8 Å². The number of carbonyl (C=O) groups excluding carboxylic acids is 1. The lowest BCUT2D eigenvalue weighted by atomic mass is 9.96. The summed E-state index contributed by atoms with van der Waals surface area (Å²) >= 11 is 0. The number of rotatable bonds is 6. The van der Waals surface area contributed by atoms with E-state index in [0.29, 0.717) is 17.7 Å². The van der Waals surface area contributed by atoms with Crippen molar-refractivity contribution in [2.75, 3.05) is 11.9 Å². The highest BCUT2D eigenvalue weighted by molar-refractivity contribution is 6.05. The van der Waals surface area contributed by atoms with Crippen LogP contribution in [0.15, 0.2) is 79.4 Å². The summed E-state index contributed by atoms with van der Waals surface area (Å²) in [5, 5.41) is 19.6. The molecule has 0 atom stereocenters. The predicted molar refractivity (Wildman–Crippen MR) is 112 cm³/mol. The summed E-state index contributed by atoms with van der Waals surface area (Å²) in [5.41, 5.74) is 3.82. The number of carbonyl (C=O) groups is 1. The minimum Gasteiger partial charge on any atom is -0.396 e. The molecule has 30 heavy (non-hydrogen) atoms. The molecule has 4 aromatic rings. The van der Waals surface area contributed by atoms with E-state index in [1.807, 2.05) is 30.3 Å². The van der Waals surface area contributed by atoms with Crippen molar-refractivity contribution in [3.05, 3.63) is 96.3 Å². The van der Waals surface area contributed by atoms with Crippen LogP contribution in [0.25, 0.3) is 16.8 Å². The van der Waals surface area contributed by atoms with Gasteiger partial charge >= 0.3 is 0 Å². The van der Waals surface area contributed by atoms with Gasteiger partial charge in [0.05, 0.1) is 5.69 Å². The SMILES string of the molecule is O=C(Nc1cccc(-n2cnnc2)c1)c1cc(F)cc(-c2ccccc2CCO)c1. The fourth-order valence-electron chi connectivity index (χ4n) is 3.30. The number of benzene rings is 3. The number of hydrogen-bond donors (Lipinski definition) is 2. The van der Waals surface area contributed by atoms with Gasteiger partial charge in [0.1, 0.15) is 18.5 Å². The lowest BCUT2D eigenvalue weighted by molar-refractivity contribution is 0.102. The molecule has 0 aliphatic heterocycles. The highest BCUT2D eigenvalue weighted by Crippen LogP contribution is 2.26. The first-order valence-electron chi connectivity index (χ1n) is 9.40. The van der Waals surface area contributed by atoms with Crippen LogP contribution in [0.3, 0.4) is 0 Å². The number of anilines is 1. The second-order valence-corrected chi connectivity index (χ2v) is 6.73. The van der Waals surface area contributed by atoms with Crippen molar-refractivity contribution in [2.45, 2.75) is 6.42 Å². The molecule has 2 N–H and O–H groups in total. The van der Waals surface area contributed by atoms with Gasteiger partial charge in [-0.1, -0.05) is 30.3 Å². The van der Waals surface area contributed by atoms with E-state index in [9.17, 15) is 14.3 Å². The number of aliphatic hydroxyl groups is 1. The highest BCUT2D eigenvalue weighted by atomic mass is 19.1. The van der Waals surface area contributed by atoms with Gasteiger partial charge in [-0.2, -0.15) is 0 Å². The molecule has 0 fully saturated rings. The predicted octanol–water partition coefficient (Wildman–Crippen LogP) is 3.86. The fraction of sp³-hybridized carbons (Fsp3) is 0.0870. The molecular weight excluding hydrogens is 383 g/mol. The molecule has 1 amide bonds. The molecule has 0 saturated heterocycles. The van der Waals surface area contributed by atoms with Gasteiger partial charge in [0.2, 0.25) is 0 Å². The van der Waals surface area contributed by atoms with Crippen LogP contribution in [0, 0.1) is 5.82 Å². The van der Waals surface area contributed by atoms with Crippen molar-refractivity contribution in [2.24, 2.45) is 0 Å². The van der Waals surface area contributed by atoms with E-state index in [2.05, 4.69) is 15.5 Å². The molecule has 0 radical (unpaired) electrons. The monoisotopic (exact) mass is 402 g/mol. The van der Waals surface area contributed by atoms with Crippen molar-refractivity contribution < 1.29 is 14.3 Å². The third kappa shape index (κ3) is 4.26. The maximum absolute atomic E-state index is 14.3. The summed E-state index contributed by atoms with van der Waals surface area (Å²) in [6.45, 7) is -0.0115. The summed E-state index contributed by atoms with van der Waals surface area (Å²) in [7, 11) is 0. The van der Waals surface area contributed by atoms with Crippen LogP contribution in [0.4, 0.5) is 10.1 Å². The van der Waals surface area contributed by atoms with E-state index in [4.69, 9.17) is 0 Å². The van der Waals surface area contributed by atoms with Crippen LogP contribution in [0.1, 0.15) is 15.9 Å². The summed E-state index contributed by atoms with van der Waals surface area (Å²) in [4.78, 5) is 12.8. The molecule has 0 aliphatic rings. The first kappa shape index (κ1) is 19.5. The van der Waals surface area contributed by atoms with Crippen molar-refractivity contribution >= 4 is 11.6 Å². The van der Waals surface area contributed by atoms with Crippen LogP contribution in [0.5, 0.6) is 0 Å². The maximum Gasteiger partial charge on any atom is 0.255 e. The number of aliphatic hydroxyl groups excluding tert-OH is 1. The van der Waals surface area contributed by atoms with Crippen LogP contribution in [0.2, 0.25) is 0 Å². The molecule has 1 aromatic heterocycles.